The number of hydrogen-bond donors (Lipinski definition) is 0. The molecule has 0 saturated heterocycles. The summed E-state index contributed by atoms with van der Waals surface area (Å²) in [7, 11) is 0. The standard InChI is InChI=1S/C10H9N3O2S3/c1-16-9-11-12-10(18-9)17-6-7-2-4-8(5-3-7)13(14)15/h2-5H,6H2,1H3. The number of nitro groups is 1. The lowest BCUT2D eigenvalue weighted by molar-refractivity contribution is -0.384. The third-order valence-electron chi connectivity index (χ3n) is 2.07. The van der Waals surface area contributed by atoms with Gasteiger partial charge < -0.3 is 0 Å². The Hall–Kier alpha value is -1.12. The molecule has 18 heavy (non-hydrogen) atoms. The van der Waals surface area contributed by atoms with Gasteiger partial charge >= 0.3 is 0 Å². The van der Waals surface area contributed by atoms with Crippen molar-refractivity contribution in [3.05, 3.63) is 39.9 Å². The van der Waals surface area contributed by atoms with Gasteiger partial charge in [0.15, 0.2) is 8.68 Å². The summed E-state index contributed by atoms with van der Waals surface area (Å²) in [5.41, 5.74) is 1.15. The van der Waals surface area contributed by atoms with Crippen LogP contribution in [0.25, 0.3) is 0 Å². The highest BCUT2D eigenvalue weighted by Crippen LogP contribution is 2.29. The van der Waals surface area contributed by atoms with E-state index in [1.54, 1.807) is 47.0 Å². The van der Waals surface area contributed by atoms with Crippen molar-refractivity contribution >= 4 is 40.5 Å². The molecule has 94 valence electrons. The first-order valence-electron chi connectivity index (χ1n) is 4.92. The first-order valence-corrected chi connectivity index (χ1v) is 7.95. The van der Waals surface area contributed by atoms with Gasteiger partial charge in [0.1, 0.15) is 0 Å². The molecule has 1 aromatic carbocycles. The summed E-state index contributed by atoms with van der Waals surface area (Å²) in [4.78, 5) is 10.1. The molecular weight excluding hydrogens is 290 g/mol. The summed E-state index contributed by atoms with van der Waals surface area (Å²) >= 11 is 4.71. The van der Waals surface area contributed by atoms with Gasteiger partial charge in [-0.05, 0) is 11.8 Å². The molecule has 8 heteroatoms. The second-order valence-electron chi connectivity index (χ2n) is 3.25. The monoisotopic (exact) mass is 299 g/mol. The van der Waals surface area contributed by atoms with Gasteiger partial charge in [-0.3, -0.25) is 10.1 Å². The second kappa shape index (κ2) is 6.17. The number of non-ortho nitro benzene ring substituents is 1. The smallest absolute Gasteiger partial charge is 0.258 e. The van der Waals surface area contributed by atoms with Gasteiger partial charge in [-0.25, -0.2) is 0 Å². The normalized spacial score (nSPS) is 10.5. The Morgan fingerprint density at radius 1 is 1.28 bits per heavy atom. The zero-order valence-electron chi connectivity index (χ0n) is 9.40. The summed E-state index contributed by atoms with van der Waals surface area (Å²) in [6.07, 6.45) is 1.96. The van der Waals surface area contributed by atoms with Gasteiger partial charge in [0.2, 0.25) is 0 Å². The molecule has 0 atom stereocenters. The van der Waals surface area contributed by atoms with E-state index in [0.29, 0.717) is 0 Å². The van der Waals surface area contributed by atoms with Gasteiger partial charge in [-0.1, -0.05) is 47.0 Å². The molecule has 2 rings (SSSR count). The predicted molar refractivity (Wildman–Crippen MR) is 74.3 cm³/mol. The minimum Gasteiger partial charge on any atom is -0.258 e. The Morgan fingerprint density at radius 3 is 2.50 bits per heavy atom. The van der Waals surface area contributed by atoms with Gasteiger partial charge in [0.05, 0.1) is 4.92 Å². The maximum absolute atomic E-state index is 10.5. The SMILES string of the molecule is CSc1nnc(SCc2ccc([N+](=O)[O-])cc2)s1. The molecule has 0 fully saturated rings. The number of benzene rings is 1. The predicted octanol–water partition coefficient (Wildman–Crippen LogP) is 3.46. The van der Waals surface area contributed by atoms with Crippen LogP contribution in [0.3, 0.4) is 0 Å². The summed E-state index contributed by atoms with van der Waals surface area (Å²) in [5, 5.41) is 18.6. The fourth-order valence-electron chi connectivity index (χ4n) is 1.20. The van der Waals surface area contributed by atoms with Crippen molar-refractivity contribution in [1.82, 2.24) is 10.2 Å². The molecule has 5 nitrogen and oxygen atoms in total. The molecule has 0 radical (unpaired) electrons. The quantitative estimate of drug-likeness (QED) is 0.478. The van der Waals surface area contributed by atoms with Crippen LogP contribution in [0.1, 0.15) is 5.56 Å². The lowest BCUT2D eigenvalue weighted by atomic mass is 10.2. The van der Waals surface area contributed by atoms with E-state index in [-0.39, 0.29) is 5.69 Å². The average molecular weight is 299 g/mol. The van der Waals surface area contributed by atoms with E-state index < -0.39 is 4.92 Å². The average Bonchev–Trinajstić information content (AvgIpc) is 2.85. The number of nitrogens with zero attached hydrogens (tertiary/aromatic N) is 3. The van der Waals surface area contributed by atoms with Gasteiger partial charge in [-0.2, -0.15) is 0 Å². The number of rotatable bonds is 5. The lowest BCUT2D eigenvalue weighted by Gasteiger charge is -1.98. The first-order chi connectivity index (χ1) is 8.69. The molecule has 0 amide bonds. The van der Waals surface area contributed by atoms with Crippen LogP contribution in [0.4, 0.5) is 5.69 Å². The van der Waals surface area contributed by atoms with Crippen LogP contribution in [-0.2, 0) is 5.75 Å². The van der Waals surface area contributed by atoms with Crippen LogP contribution in [-0.4, -0.2) is 21.4 Å². The molecule has 1 heterocycles. The zero-order chi connectivity index (χ0) is 13.0. The lowest BCUT2D eigenvalue weighted by Crippen LogP contribution is -1.88. The second-order valence-corrected chi connectivity index (χ2v) is 6.50. The molecule has 0 saturated carbocycles. The Labute approximate surface area is 116 Å². The Bertz CT molecular complexity index is 542. The van der Waals surface area contributed by atoms with Crippen molar-refractivity contribution in [3.8, 4) is 0 Å². The molecule has 0 aliphatic heterocycles. The van der Waals surface area contributed by atoms with Gasteiger partial charge in [-0.15, -0.1) is 10.2 Å². The molecule has 0 aliphatic rings. The Kier molecular flexibility index (Phi) is 4.56. The molecule has 1 aromatic heterocycles. The maximum atomic E-state index is 10.5. The van der Waals surface area contributed by atoms with Crippen molar-refractivity contribution in [2.75, 3.05) is 6.26 Å². The van der Waals surface area contributed by atoms with Crippen LogP contribution >= 0.6 is 34.9 Å². The maximum Gasteiger partial charge on any atom is 0.269 e. The van der Waals surface area contributed by atoms with Crippen molar-refractivity contribution in [2.45, 2.75) is 14.4 Å². The highest BCUT2D eigenvalue weighted by molar-refractivity contribution is 8.02. The van der Waals surface area contributed by atoms with E-state index in [4.69, 9.17) is 0 Å². The first kappa shape index (κ1) is 13.3. The highest BCUT2D eigenvalue weighted by Gasteiger charge is 2.06. The zero-order valence-corrected chi connectivity index (χ0v) is 11.8. The number of thioether (sulfide) groups is 2. The molecule has 2 aromatic rings. The molecule has 0 aliphatic carbocycles. The number of hydrogen-bond acceptors (Lipinski definition) is 7. The van der Waals surface area contributed by atoms with Crippen LogP contribution in [0.15, 0.2) is 32.9 Å². The molecule has 0 N–H and O–H groups in total. The summed E-state index contributed by atoms with van der Waals surface area (Å²) in [6.45, 7) is 0. The summed E-state index contributed by atoms with van der Waals surface area (Å²) in [5.74, 6) is 0.737. The van der Waals surface area contributed by atoms with Crippen molar-refractivity contribution in [1.29, 1.82) is 0 Å². The van der Waals surface area contributed by atoms with Crippen LogP contribution in [0.5, 0.6) is 0 Å². The summed E-state index contributed by atoms with van der Waals surface area (Å²) in [6, 6.07) is 6.57. The number of nitro benzene ring substituents is 1. The Balaban J connectivity index is 1.95. The Morgan fingerprint density at radius 2 is 1.94 bits per heavy atom. The van der Waals surface area contributed by atoms with Gasteiger partial charge in [0.25, 0.3) is 5.69 Å². The minimum atomic E-state index is -0.396. The molecular formula is C10H9N3O2S3. The van der Waals surface area contributed by atoms with Crippen molar-refractivity contribution in [3.63, 3.8) is 0 Å². The summed E-state index contributed by atoms with van der Waals surface area (Å²) < 4.78 is 1.86. The van der Waals surface area contributed by atoms with Crippen LogP contribution < -0.4 is 0 Å². The van der Waals surface area contributed by atoms with E-state index in [0.717, 1.165) is 20.0 Å². The minimum absolute atomic E-state index is 0.115. The van der Waals surface area contributed by atoms with Crippen molar-refractivity contribution in [2.24, 2.45) is 0 Å². The molecule has 0 spiro atoms. The number of aromatic nitrogens is 2. The van der Waals surface area contributed by atoms with Crippen LogP contribution in [0, 0.1) is 10.1 Å². The van der Waals surface area contributed by atoms with E-state index in [2.05, 4.69) is 10.2 Å². The highest BCUT2D eigenvalue weighted by atomic mass is 32.2. The van der Waals surface area contributed by atoms with E-state index in [1.165, 1.54) is 12.1 Å². The van der Waals surface area contributed by atoms with E-state index in [1.807, 2.05) is 6.26 Å². The van der Waals surface area contributed by atoms with E-state index in [9.17, 15) is 10.1 Å². The van der Waals surface area contributed by atoms with E-state index >= 15 is 0 Å². The van der Waals surface area contributed by atoms with Gasteiger partial charge in [0, 0.05) is 17.9 Å². The largest absolute Gasteiger partial charge is 0.269 e. The fraction of sp³-hybridized carbons (Fsp3) is 0.200. The molecule has 0 unspecified atom stereocenters. The molecule has 0 bridgehead atoms. The topological polar surface area (TPSA) is 68.9 Å². The fourth-order valence-corrected chi connectivity index (χ4v) is 3.59. The third kappa shape index (κ3) is 3.44. The van der Waals surface area contributed by atoms with Crippen molar-refractivity contribution < 1.29 is 4.92 Å². The third-order valence-corrected chi connectivity index (χ3v) is 5.18. The van der Waals surface area contributed by atoms with Crippen LogP contribution in [0.2, 0.25) is 0 Å².